The summed E-state index contributed by atoms with van der Waals surface area (Å²) in [6, 6.07) is 11.0. The smallest absolute Gasteiger partial charge is 0.322 e. The van der Waals surface area contributed by atoms with E-state index in [0.717, 1.165) is 4.90 Å². The number of carbonyl (C=O) groups is 1. The van der Waals surface area contributed by atoms with Gasteiger partial charge in [0.25, 0.3) is 5.89 Å². The first-order valence-corrected chi connectivity index (χ1v) is 8.81. The second kappa shape index (κ2) is 8.54. The van der Waals surface area contributed by atoms with Crippen molar-refractivity contribution in [1.82, 2.24) is 10.2 Å². The molecule has 0 aliphatic carbocycles. The predicted molar refractivity (Wildman–Crippen MR) is 98.6 cm³/mol. The highest BCUT2D eigenvalue weighted by Gasteiger charge is 2.16. The fraction of sp³-hybridized carbons (Fsp3) is 0.167. The summed E-state index contributed by atoms with van der Waals surface area (Å²) in [5.74, 6) is 0.812. The number of aromatic nitrogens is 2. The molecule has 0 saturated carbocycles. The van der Waals surface area contributed by atoms with E-state index in [1.54, 1.807) is 37.4 Å². The third kappa shape index (κ3) is 4.76. The number of nitrogens with zero attached hydrogens (tertiary/aromatic N) is 2. The van der Waals surface area contributed by atoms with Crippen LogP contribution in [0.15, 0.2) is 51.8 Å². The molecule has 3 aromatic rings. The molecule has 1 heterocycles. The molecule has 0 aliphatic rings. The van der Waals surface area contributed by atoms with Crippen LogP contribution in [0.5, 0.6) is 11.5 Å². The number of benzene rings is 2. The molecule has 0 aliphatic heterocycles. The third-order valence-corrected chi connectivity index (χ3v) is 4.51. The number of methoxy groups -OCH3 is 2. The molecule has 0 atom stereocenters. The van der Waals surface area contributed by atoms with Crippen LogP contribution in [0.1, 0.15) is 0 Å². The van der Waals surface area contributed by atoms with Gasteiger partial charge in [-0.05, 0) is 36.4 Å². The van der Waals surface area contributed by atoms with Gasteiger partial charge in [-0.15, -0.1) is 16.9 Å². The molecule has 140 valence electrons. The number of anilines is 1. The lowest BCUT2D eigenvalue weighted by Gasteiger charge is -2.07. The van der Waals surface area contributed by atoms with Gasteiger partial charge in [0, 0.05) is 11.0 Å². The van der Waals surface area contributed by atoms with Crippen LogP contribution in [0.4, 0.5) is 10.4 Å². The Labute approximate surface area is 158 Å². The van der Waals surface area contributed by atoms with Crippen LogP contribution < -0.4 is 14.8 Å². The van der Waals surface area contributed by atoms with E-state index in [2.05, 4.69) is 15.5 Å². The number of hydrogen-bond donors (Lipinski definition) is 1. The van der Waals surface area contributed by atoms with Gasteiger partial charge in [0.15, 0.2) is 0 Å². The number of nitrogens with one attached hydrogen (secondary N) is 1. The zero-order chi connectivity index (χ0) is 19.2. The predicted octanol–water partition coefficient (Wildman–Crippen LogP) is 3.62. The molecule has 2 aromatic carbocycles. The lowest BCUT2D eigenvalue weighted by atomic mass is 10.2. The zero-order valence-electron chi connectivity index (χ0n) is 14.6. The average Bonchev–Trinajstić information content (AvgIpc) is 3.15. The monoisotopic (exact) mass is 389 g/mol. The summed E-state index contributed by atoms with van der Waals surface area (Å²) in [7, 11) is 3.07. The quantitative estimate of drug-likeness (QED) is 0.618. The van der Waals surface area contributed by atoms with Crippen LogP contribution in [0, 0.1) is 5.82 Å². The molecule has 0 radical (unpaired) electrons. The molecule has 27 heavy (non-hydrogen) atoms. The van der Waals surface area contributed by atoms with Gasteiger partial charge in [0.1, 0.15) is 17.3 Å². The van der Waals surface area contributed by atoms with Crippen LogP contribution in [-0.2, 0) is 4.79 Å². The molecule has 7 nitrogen and oxygen atoms in total. The van der Waals surface area contributed by atoms with Crippen LogP contribution in [-0.4, -0.2) is 36.1 Å². The molecule has 0 spiro atoms. The summed E-state index contributed by atoms with van der Waals surface area (Å²) in [6.07, 6.45) is 0. The van der Waals surface area contributed by atoms with Gasteiger partial charge in [-0.2, -0.15) is 0 Å². The summed E-state index contributed by atoms with van der Waals surface area (Å²) >= 11 is 1.27. The summed E-state index contributed by atoms with van der Waals surface area (Å²) in [5, 5.41) is 10.3. The number of ether oxygens (including phenoxy) is 2. The lowest BCUT2D eigenvalue weighted by Crippen LogP contribution is -2.14. The highest BCUT2D eigenvalue weighted by Crippen LogP contribution is 2.33. The van der Waals surface area contributed by atoms with Crippen LogP contribution >= 0.6 is 11.8 Å². The number of carbonyl (C=O) groups excluding carboxylic acids is 1. The van der Waals surface area contributed by atoms with Crippen molar-refractivity contribution in [2.45, 2.75) is 4.90 Å². The highest BCUT2D eigenvalue weighted by atomic mass is 32.2. The Kier molecular flexibility index (Phi) is 5.92. The third-order valence-electron chi connectivity index (χ3n) is 3.49. The molecule has 1 aromatic heterocycles. The first-order chi connectivity index (χ1) is 13.1. The Morgan fingerprint density at radius 3 is 2.63 bits per heavy atom. The SMILES string of the molecule is COc1ccc(-c2nnc(NC(=O)CSc3ccc(F)cc3)o2)c(OC)c1. The number of halogens is 1. The minimum absolute atomic E-state index is 0.0208. The second-order valence-corrected chi connectivity index (χ2v) is 6.32. The molecule has 1 N–H and O–H groups in total. The van der Waals surface area contributed by atoms with Crippen molar-refractivity contribution < 1.29 is 23.1 Å². The molecule has 0 fully saturated rings. The Bertz CT molecular complexity index is 931. The highest BCUT2D eigenvalue weighted by molar-refractivity contribution is 8.00. The number of rotatable bonds is 7. The molecule has 9 heteroatoms. The van der Waals surface area contributed by atoms with Crippen molar-refractivity contribution in [3.8, 4) is 23.0 Å². The first-order valence-electron chi connectivity index (χ1n) is 7.83. The molecular formula is C18H16FN3O4S. The normalized spacial score (nSPS) is 10.5. The van der Waals surface area contributed by atoms with Gasteiger partial charge in [0.05, 0.1) is 25.5 Å². The van der Waals surface area contributed by atoms with Crippen molar-refractivity contribution in [2.75, 3.05) is 25.3 Å². The van der Waals surface area contributed by atoms with Crippen molar-refractivity contribution in [3.05, 3.63) is 48.3 Å². The van der Waals surface area contributed by atoms with E-state index >= 15 is 0 Å². The molecule has 0 unspecified atom stereocenters. The molecule has 0 saturated heterocycles. The summed E-state index contributed by atoms with van der Waals surface area (Å²) in [5.41, 5.74) is 0.576. The summed E-state index contributed by atoms with van der Waals surface area (Å²) in [4.78, 5) is 12.8. The van der Waals surface area contributed by atoms with E-state index in [0.29, 0.717) is 17.1 Å². The van der Waals surface area contributed by atoms with E-state index in [1.807, 2.05) is 0 Å². The maximum atomic E-state index is 12.9. The Hall–Kier alpha value is -3.07. The van der Waals surface area contributed by atoms with E-state index in [9.17, 15) is 9.18 Å². The maximum absolute atomic E-state index is 12.9. The molecular weight excluding hydrogens is 373 g/mol. The number of thioether (sulfide) groups is 1. The van der Waals surface area contributed by atoms with E-state index in [4.69, 9.17) is 13.9 Å². The zero-order valence-corrected chi connectivity index (χ0v) is 15.4. The van der Waals surface area contributed by atoms with Crippen molar-refractivity contribution >= 4 is 23.7 Å². The van der Waals surface area contributed by atoms with Crippen molar-refractivity contribution in [2.24, 2.45) is 0 Å². The first kappa shape index (κ1) is 18.7. The Morgan fingerprint density at radius 1 is 1.15 bits per heavy atom. The van der Waals surface area contributed by atoms with E-state index < -0.39 is 0 Å². The molecule has 3 rings (SSSR count). The van der Waals surface area contributed by atoms with Gasteiger partial charge in [-0.3, -0.25) is 10.1 Å². The van der Waals surface area contributed by atoms with Gasteiger partial charge < -0.3 is 13.9 Å². The van der Waals surface area contributed by atoms with Gasteiger partial charge >= 0.3 is 6.01 Å². The molecule has 0 bridgehead atoms. The topological polar surface area (TPSA) is 86.5 Å². The summed E-state index contributed by atoms with van der Waals surface area (Å²) in [6.45, 7) is 0. The Morgan fingerprint density at radius 2 is 1.93 bits per heavy atom. The van der Waals surface area contributed by atoms with Crippen LogP contribution in [0.25, 0.3) is 11.5 Å². The Balaban J connectivity index is 1.63. The van der Waals surface area contributed by atoms with Crippen LogP contribution in [0.3, 0.4) is 0 Å². The van der Waals surface area contributed by atoms with E-state index in [-0.39, 0.29) is 29.4 Å². The average molecular weight is 389 g/mol. The van der Waals surface area contributed by atoms with Gasteiger partial charge in [-0.1, -0.05) is 5.10 Å². The second-order valence-electron chi connectivity index (χ2n) is 5.27. The minimum Gasteiger partial charge on any atom is -0.497 e. The van der Waals surface area contributed by atoms with Crippen molar-refractivity contribution in [3.63, 3.8) is 0 Å². The standard InChI is InChI=1S/C18H16FN3O4S/c1-24-12-5-8-14(15(9-12)25-2)17-21-22-18(26-17)20-16(23)10-27-13-6-3-11(19)4-7-13/h3-9H,10H2,1-2H3,(H,20,22,23). The van der Waals surface area contributed by atoms with Crippen LogP contribution in [0.2, 0.25) is 0 Å². The van der Waals surface area contributed by atoms with Gasteiger partial charge in [0.2, 0.25) is 5.91 Å². The fourth-order valence-corrected chi connectivity index (χ4v) is 2.89. The van der Waals surface area contributed by atoms with Gasteiger partial charge in [-0.25, -0.2) is 4.39 Å². The maximum Gasteiger partial charge on any atom is 0.322 e. The number of hydrogen-bond acceptors (Lipinski definition) is 7. The fourth-order valence-electron chi connectivity index (χ4n) is 2.19. The van der Waals surface area contributed by atoms with Crippen molar-refractivity contribution in [1.29, 1.82) is 0 Å². The minimum atomic E-state index is -0.323. The largest absolute Gasteiger partial charge is 0.497 e. The molecule has 1 amide bonds. The van der Waals surface area contributed by atoms with E-state index in [1.165, 1.54) is 31.0 Å². The summed E-state index contributed by atoms with van der Waals surface area (Å²) < 4.78 is 28.8. The lowest BCUT2D eigenvalue weighted by molar-refractivity contribution is -0.113. The number of amides is 1.